The van der Waals surface area contributed by atoms with Gasteiger partial charge in [0.25, 0.3) is 5.88 Å². The second-order valence-electron chi connectivity index (χ2n) is 8.54. The van der Waals surface area contributed by atoms with Gasteiger partial charge < -0.3 is 14.6 Å². The molecule has 8 nitrogen and oxygen atoms in total. The number of nitrogens with zero attached hydrogens (tertiary/aromatic N) is 5. The van der Waals surface area contributed by atoms with Crippen LogP contribution in [0.1, 0.15) is 49.9 Å². The van der Waals surface area contributed by atoms with Crippen LogP contribution >= 0.6 is 0 Å². The number of ether oxygens (including phenoxy) is 1. The van der Waals surface area contributed by atoms with E-state index in [1.165, 1.54) is 0 Å². The van der Waals surface area contributed by atoms with Crippen LogP contribution in [0.4, 0.5) is 10.2 Å². The number of hydrogen-bond acceptors (Lipinski definition) is 7. The maximum Gasteiger partial charge on any atom is 0.250 e. The van der Waals surface area contributed by atoms with Crippen LogP contribution in [0.25, 0.3) is 22.4 Å². The van der Waals surface area contributed by atoms with E-state index in [0.29, 0.717) is 11.3 Å². The molecule has 0 saturated heterocycles. The fourth-order valence-corrected chi connectivity index (χ4v) is 4.41. The minimum atomic E-state index is -0.381. The van der Waals surface area contributed by atoms with Gasteiger partial charge in [-0.15, -0.1) is 0 Å². The zero-order chi connectivity index (χ0) is 22.9. The van der Waals surface area contributed by atoms with Crippen molar-refractivity contribution in [3.05, 3.63) is 47.7 Å². The van der Waals surface area contributed by atoms with Crippen LogP contribution in [0.5, 0.6) is 5.88 Å². The predicted molar refractivity (Wildman–Crippen MR) is 123 cm³/mol. The first-order chi connectivity index (χ1) is 16.0. The van der Waals surface area contributed by atoms with Gasteiger partial charge in [0.15, 0.2) is 11.6 Å². The molecule has 1 aliphatic rings. The number of fused-ring (bicyclic) bond motifs is 1. The Kier molecular flexibility index (Phi) is 5.70. The lowest BCUT2D eigenvalue weighted by molar-refractivity contribution is 0.120. The average Bonchev–Trinajstić information content (AvgIpc) is 3.41. The zero-order valence-corrected chi connectivity index (χ0v) is 19.0. The molecule has 33 heavy (non-hydrogen) atoms. The molecule has 0 amide bonds. The third-order valence-corrected chi connectivity index (χ3v) is 6.13. The maximum atomic E-state index is 14.3. The second-order valence-corrected chi connectivity index (χ2v) is 8.54. The molecule has 4 aromatic heterocycles. The highest BCUT2D eigenvalue weighted by atomic mass is 19.1. The van der Waals surface area contributed by atoms with Crippen molar-refractivity contribution in [2.24, 2.45) is 0 Å². The van der Waals surface area contributed by atoms with Crippen LogP contribution in [0, 0.1) is 19.7 Å². The van der Waals surface area contributed by atoms with Gasteiger partial charge in [-0.1, -0.05) is 5.16 Å². The molecule has 4 heterocycles. The number of hydrogen-bond donors (Lipinski definition) is 1. The molecular formula is C24H27FN6O2. The molecule has 5 rings (SSSR count). The minimum Gasteiger partial charge on any atom is -0.472 e. The van der Waals surface area contributed by atoms with Crippen molar-refractivity contribution < 1.29 is 13.7 Å². The summed E-state index contributed by atoms with van der Waals surface area (Å²) in [6.07, 6.45) is 6.67. The van der Waals surface area contributed by atoms with Gasteiger partial charge in [-0.2, -0.15) is 5.10 Å². The molecule has 1 fully saturated rings. The van der Waals surface area contributed by atoms with E-state index in [0.717, 1.165) is 60.3 Å². The molecule has 1 saturated carbocycles. The fraction of sp³-hybridized carbons (Fsp3) is 0.417. The Morgan fingerprint density at radius 1 is 1.18 bits per heavy atom. The largest absolute Gasteiger partial charge is 0.472 e. The van der Waals surface area contributed by atoms with Crippen LogP contribution in [-0.2, 0) is 0 Å². The molecule has 0 aliphatic heterocycles. The Labute approximate surface area is 191 Å². The Balaban J connectivity index is 1.41. The number of nitrogens with one attached hydrogen (secondary N) is 1. The van der Waals surface area contributed by atoms with Crippen molar-refractivity contribution in [2.45, 2.75) is 58.6 Å². The van der Waals surface area contributed by atoms with E-state index in [2.05, 4.69) is 25.1 Å². The zero-order valence-electron chi connectivity index (χ0n) is 19.0. The van der Waals surface area contributed by atoms with Crippen molar-refractivity contribution in [1.82, 2.24) is 24.9 Å². The Morgan fingerprint density at radius 2 is 2.00 bits per heavy atom. The first kappa shape index (κ1) is 21.4. The van der Waals surface area contributed by atoms with E-state index in [9.17, 15) is 4.39 Å². The predicted octanol–water partition coefficient (Wildman–Crippen LogP) is 5.23. The number of halogens is 1. The maximum absolute atomic E-state index is 14.3. The molecule has 1 aliphatic carbocycles. The molecule has 172 valence electrons. The summed E-state index contributed by atoms with van der Waals surface area (Å²) in [5.41, 5.74) is 3.09. The Bertz CT molecular complexity index is 1280. The number of aromatic nitrogens is 5. The number of pyridine rings is 2. The number of aryl methyl sites for hydroxylation is 2. The lowest BCUT2D eigenvalue weighted by Crippen LogP contribution is -2.27. The monoisotopic (exact) mass is 450 g/mol. The van der Waals surface area contributed by atoms with Gasteiger partial charge in [0.1, 0.15) is 17.6 Å². The van der Waals surface area contributed by atoms with Gasteiger partial charge in [-0.3, -0.25) is 4.68 Å². The van der Waals surface area contributed by atoms with E-state index >= 15 is 0 Å². The van der Waals surface area contributed by atoms with Crippen LogP contribution < -0.4 is 10.1 Å². The summed E-state index contributed by atoms with van der Waals surface area (Å²) in [4.78, 5) is 8.61. The van der Waals surface area contributed by atoms with Crippen molar-refractivity contribution in [1.29, 1.82) is 0 Å². The van der Waals surface area contributed by atoms with Gasteiger partial charge in [0.05, 0.1) is 17.3 Å². The third kappa shape index (κ3) is 4.15. The van der Waals surface area contributed by atoms with Gasteiger partial charge in [0, 0.05) is 36.5 Å². The summed E-state index contributed by atoms with van der Waals surface area (Å²) in [5.74, 6) is 1.15. The summed E-state index contributed by atoms with van der Waals surface area (Å²) >= 11 is 0. The van der Waals surface area contributed by atoms with Crippen LogP contribution in [-0.4, -0.2) is 37.6 Å². The van der Waals surface area contributed by atoms with E-state index in [4.69, 9.17) is 14.4 Å². The van der Waals surface area contributed by atoms with E-state index in [1.807, 2.05) is 32.2 Å². The molecule has 0 bridgehead atoms. The highest BCUT2D eigenvalue weighted by Crippen LogP contribution is 2.36. The lowest BCUT2D eigenvalue weighted by Gasteiger charge is -2.29. The first-order valence-electron chi connectivity index (χ1n) is 11.4. The van der Waals surface area contributed by atoms with Crippen LogP contribution in [0.15, 0.2) is 35.1 Å². The molecule has 1 N–H and O–H groups in total. The first-order valence-corrected chi connectivity index (χ1v) is 11.4. The molecule has 0 atom stereocenters. The smallest absolute Gasteiger partial charge is 0.250 e. The Hall–Kier alpha value is -3.49. The van der Waals surface area contributed by atoms with Crippen molar-refractivity contribution >= 4 is 16.7 Å². The Morgan fingerprint density at radius 3 is 2.73 bits per heavy atom. The molecule has 0 aromatic carbocycles. The summed E-state index contributed by atoms with van der Waals surface area (Å²) in [6, 6.07) is 5.76. The topological polar surface area (TPSA) is 90.9 Å². The van der Waals surface area contributed by atoms with Gasteiger partial charge in [-0.25, -0.2) is 14.4 Å². The van der Waals surface area contributed by atoms with Crippen molar-refractivity contribution in [3.63, 3.8) is 0 Å². The van der Waals surface area contributed by atoms with Gasteiger partial charge in [0.2, 0.25) is 0 Å². The normalized spacial score (nSPS) is 18.5. The summed E-state index contributed by atoms with van der Waals surface area (Å²) in [6.45, 7) is 6.43. The highest BCUT2D eigenvalue weighted by Gasteiger charge is 2.28. The third-order valence-electron chi connectivity index (χ3n) is 6.13. The summed E-state index contributed by atoms with van der Waals surface area (Å²) < 4.78 is 27.8. The second kappa shape index (κ2) is 8.80. The summed E-state index contributed by atoms with van der Waals surface area (Å²) in [7, 11) is 0. The fourth-order valence-electron chi connectivity index (χ4n) is 4.41. The minimum absolute atomic E-state index is 0.0674. The quantitative estimate of drug-likeness (QED) is 0.430. The van der Waals surface area contributed by atoms with Crippen molar-refractivity contribution in [3.8, 4) is 17.3 Å². The van der Waals surface area contributed by atoms with E-state index in [1.54, 1.807) is 19.2 Å². The average molecular weight is 451 g/mol. The molecule has 0 unspecified atom stereocenters. The SMILES string of the molecule is CCNc1cc2c(cn1)c(-c1cc(C)no1)nn2C1CCC(Oc2nccc(C)c2F)CC1. The van der Waals surface area contributed by atoms with Gasteiger partial charge >= 0.3 is 0 Å². The van der Waals surface area contributed by atoms with Crippen LogP contribution in [0.3, 0.4) is 0 Å². The summed E-state index contributed by atoms with van der Waals surface area (Å²) in [5, 5.41) is 13.2. The lowest BCUT2D eigenvalue weighted by atomic mass is 9.93. The van der Waals surface area contributed by atoms with E-state index in [-0.39, 0.29) is 23.8 Å². The molecular weight excluding hydrogens is 423 g/mol. The number of anilines is 1. The highest BCUT2D eigenvalue weighted by molar-refractivity contribution is 5.92. The molecule has 9 heteroatoms. The molecule has 4 aromatic rings. The molecule has 0 radical (unpaired) electrons. The standard InChI is InChI=1S/C24H27FN6O2/c1-4-26-21-12-19-18(13-28-21)23(20-11-15(3)30-33-20)29-31(19)16-5-7-17(8-6-16)32-24-22(25)14(2)9-10-27-24/h9-13,16-17H,4-8H2,1-3H3,(H,26,28). The molecule has 0 spiro atoms. The van der Waals surface area contributed by atoms with E-state index < -0.39 is 0 Å². The van der Waals surface area contributed by atoms with Crippen LogP contribution in [0.2, 0.25) is 0 Å². The number of rotatable bonds is 6. The van der Waals surface area contributed by atoms with Crippen molar-refractivity contribution in [2.75, 3.05) is 11.9 Å². The van der Waals surface area contributed by atoms with Gasteiger partial charge in [-0.05, 0) is 58.1 Å².